The minimum absolute atomic E-state index is 0.759. The highest BCUT2D eigenvalue weighted by Gasteiger charge is 2.26. The second kappa shape index (κ2) is 8.74. The SMILES string of the molecule is C=CCCCC(NCC)C1CCCC(CC)C1. The van der Waals surface area contributed by atoms with E-state index >= 15 is 0 Å². The number of hydrogen-bond donors (Lipinski definition) is 1. The largest absolute Gasteiger partial charge is 0.314 e. The lowest BCUT2D eigenvalue weighted by Crippen LogP contribution is -2.38. The summed E-state index contributed by atoms with van der Waals surface area (Å²) in [5, 5.41) is 3.72. The van der Waals surface area contributed by atoms with Gasteiger partial charge in [0.05, 0.1) is 0 Å². The van der Waals surface area contributed by atoms with Crippen molar-refractivity contribution in [1.29, 1.82) is 0 Å². The molecule has 17 heavy (non-hydrogen) atoms. The van der Waals surface area contributed by atoms with Gasteiger partial charge in [-0.1, -0.05) is 39.2 Å². The molecule has 0 spiro atoms. The van der Waals surface area contributed by atoms with Gasteiger partial charge in [0.25, 0.3) is 0 Å². The first kappa shape index (κ1) is 14.8. The summed E-state index contributed by atoms with van der Waals surface area (Å²) in [4.78, 5) is 0. The van der Waals surface area contributed by atoms with Crippen LogP contribution in [-0.4, -0.2) is 12.6 Å². The van der Waals surface area contributed by atoms with Crippen molar-refractivity contribution in [3.8, 4) is 0 Å². The van der Waals surface area contributed by atoms with Crippen molar-refractivity contribution in [3.05, 3.63) is 12.7 Å². The lowest BCUT2D eigenvalue weighted by atomic mass is 9.75. The standard InChI is InChI=1S/C16H31N/c1-4-7-8-12-16(17-6-3)15-11-9-10-14(5-2)13-15/h4,14-17H,1,5-13H2,2-3H3. The molecule has 1 aliphatic carbocycles. The fourth-order valence-electron chi connectivity index (χ4n) is 3.32. The molecule has 1 rings (SSSR count). The van der Waals surface area contributed by atoms with Crippen LogP contribution in [0.25, 0.3) is 0 Å². The molecular formula is C16H31N. The van der Waals surface area contributed by atoms with Gasteiger partial charge in [-0.3, -0.25) is 0 Å². The van der Waals surface area contributed by atoms with Crippen molar-refractivity contribution in [2.75, 3.05) is 6.54 Å². The molecule has 0 aromatic heterocycles. The third-order valence-corrected chi connectivity index (χ3v) is 4.36. The van der Waals surface area contributed by atoms with Crippen LogP contribution in [0.2, 0.25) is 0 Å². The normalized spacial score (nSPS) is 26.7. The van der Waals surface area contributed by atoms with Crippen molar-refractivity contribution in [1.82, 2.24) is 5.32 Å². The molecule has 0 amide bonds. The number of nitrogens with one attached hydrogen (secondary N) is 1. The highest BCUT2D eigenvalue weighted by molar-refractivity contribution is 4.83. The monoisotopic (exact) mass is 237 g/mol. The number of hydrogen-bond acceptors (Lipinski definition) is 1. The van der Waals surface area contributed by atoms with Gasteiger partial charge in [0.2, 0.25) is 0 Å². The van der Waals surface area contributed by atoms with Crippen LogP contribution in [0.5, 0.6) is 0 Å². The van der Waals surface area contributed by atoms with Crippen LogP contribution < -0.4 is 5.32 Å². The van der Waals surface area contributed by atoms with Gasteiger partial charge >= 0.3 is 0 Å². The predicted octanol–water partition coefficient (Wildman–Crippen LogP) is 4.54. The van der Waals surface area contributed by atoms with Crippen LogP contribution in [0, 0.1) is 11.8 Å². The van der Waals surface area contributed by atoms with Gasteiger partial charge in [-0.15, -0.1) is 6.58 Å². The van der Waals surface area contributed by atoms with Gasteiger partial charge < -0.3 is 5.32 Å². The van der Waals surface area contributed by atoms with E-state index in [1.54, 1.807) is 0 Å². The van der Waals surface area contributed by atoms with E-state index in [2.05, 4.69) is 31.8 Å². The van der Waals surface area contributed by atoms with Gasteiger partial charge in [0, 0.05) is 6.04 Å². The fraction of sp³-hybridized carbons (Fsp3) is 0.875. The van der Waals surface area contributed by atoms with E-state index in [4.69, 9.17) is 0 Å². The zero-order valence-electron chi connectivity index (χ0n) is 11.9. The van der Waals surface area contributed by atoms with E-state index in [0.29, 0.717) is 0 Å². The maximum Gasteiger partial charge on any atom is 0.00954 e. The summed E-state index contributed by atoms with van der Waals surface area (Å²) in [6.07, 6.45) is 13.1. The molecule has 0 saturated heterocycles. The Balaban J connectivity index is 2.40. The Morgan fingerprint density at radius 1 is 1.35 bits per heavy atom. The third kappa shape index (κ3) is 5.25. The Bertz CT molecular complexity index is 200. The number of unbranched alkanes of at least 4 members (excludes halogenated alkanes) is 1. The van der Waals surface area contributed by atoms with Crippen LogP contribution in [0.3, 0.4) is 0 Å². The Morgan fingerprint density at radius 2 is 2.18 bits per heavy atom. The van der Waals surface area contributed by atoms with Gasteiger partial charge in [-0.05, 0) is 50.5 Å². The zero-order chi connectivity index (χ0) is 12.5. The third-order valence-electron chi connectivity index (χ3n) is 4.36. The molecule has 1 aliphatic rings. The molecule has 3 unspecified atom stereocenters. The second-order valence-electron chi connectivity index (χ2n) is 5.58. The van der Waals surface area contributed by atoms with Crippen LogP contribution in [-0.2, 0) is 0 Å². The van der Waals surface area contributed by atoms with E-state index in [1.165, 1.54) is 51.4 Å². The summed E-state index contributed by atoms with van der Waals surface area (Å²) < 4.78 is 0. The molecule has 0 radical (unpaired) electrons. The molecule has 3 atom stereocenters. The van der Waals surface area contributed by atoms with E-state index in [1.807, 2.05) is 0 Å². The van der Waals surface area contributed by atoms with Crippen LogP contribution in [0.1, 0.15) is 65.2 Å². The molecule has 0 heterocycles. The first-order chi connectivity index (χ1) is 8.31. The predicted molar refractivity (Wildman–Crippen MR) is 77.3 cm³/mol. The van der Waals surface area contributed by atoms with E-state index in [9.17, 15) is 0 Å². The quantitative estimate of drug-likeness (QED) is 0.483. The van der Waals surface area contributed by atoms with Crippen molar-refractivity contribution in [2.24, 2.45) is 11.8 Å². The molecule has 0 bridgehead atoms. The lowest BCUT2D eigenvalue weighted by Gasteiger charge is -2.35. The Labute approximate surface area is 108 Å². The first-order valence-corrected chi connectivity index (χ1v) is 7.66. The summed E-state index contributed by atoms with van der Waals surface area (Å²) >= 11 is 0. The van der Waals surface area contributed by atoms with Crippen molar-refractivity contribution < 1.29 is 0 Å². The van der Waals surface area contributed by atoms with Crippen LogP contribution in [0.4, 0.5) is 0 Å². The highest BCUT2D eigenvalue weighted by atomic mass is 14.9. The zero-order valence-corrected chi connectivity index (χ0v) is 11.9. The summed E-state index contributed by atoms with van der Waals surface area (Å²) in [6, 6.07) is 0.759. The summed E-state index contributed by atoms with van der Waals surface area (Å²) in [5.74, 6) is 1.92. The van der Waals surface area contributed by atoms with Crippen molar-refractivity contribution >= 4 is 0 Å². The maximum atomic E-state index is 3.82. The summed E-state index contributed by atoms with van der Waals surface area (Å²) in [5.41, 5.74) is 0. The average molecular weight is 237 g/mol. The molecule has 1 fully saturated rings. The average Bonchev–Trinajstić information content (AvgIpc) is 2.38. The van der Waals surface area contributed by atoms with E-state index < -0.39 is 0 Å². The van der Waals surface area contributed by atoms with Gasteiger partial charge in [0.1, 0.15) is 0 Å². The molecular weight excluding hydrogens is 206 g/mol. The molecule has 100 valence electrons. The van der Waals surface area contributed by atoms with Gasteiger partial charge in [-0.25, -0.2) is 0 Å². The second-order valence-corrected chi connectivity index (χ2v) is 5.58. The smallest absolute Gasteiger partial charge is 0.00954 e. The molecule has 1 saturated carbocycles. The minimum atomic E-state index is 0.759. The van der Waals surface area contributed by atoms with E-state index in [-0.39, 0.29) is 0 Å². The maximum absolute atomic E-state index is 3.82. The number of rotatable bonds is 8. The van der Waals surface area contributed by atoms with Crippen molar-refractivity contribution in [2.45, 2.75) is 71.3 Å². The summed E-state index contributed by atoms with van der Waals surface area (Å²) in [7, 11) is 0. The molecule has 0 aromatic rings. The number of allylic oxidation sites excluding steroid dienone is 1. The Hall–Kier alpha value is -0.300. The molecule has 1 heteroatoms. The van der Waals surface area contributed by atoms with Gasteiger partial charge in [-0.2, -0.15) is 0 Å². The molecule has 1 nitrogen and oxygen atoms in total. The topological polar surface area (TPSA) is 12.0 Å². The molecule has 0 aliphatic heterocycles. The Kier molecular flexibility index (Phi) is 7.59. The molecule has 0 aromatic carbocycles. The van der Waals surface area contributed by atoms with Gasteiger partial charge in [0.15, 0.2) is 0 Å². The summed E-state index contributed by atoms with van der Waals surface area (Å²) in [6.45, 7) is 9.53. The minimum Gasteiger partial charge on any atom is -0.314 e. The molecule has 1 N–H and O–H groups in total. The van der Waals surface area contributed by atoms with Crippen LogP contribution in [0.15, 0.2) is 12.7 Å². The highest BCUT2D eigenvalue weighted by Crippen LogP contribution is 2.34. The van der Waals surface area contributed by atoms with E-state index in [0.717, 1.165) is 24.4 Å². The Morgan fingerprint density at radius 3 is 2.82 bits per heavy atom. The van der Waals surface area contributed by atoms with Crippen molar-refractivity contribution in [3.63, 3.8) is 0 Å². The fourth-order valence-corrected chi connectivity index (χ4v) is 3.32. The van der Waals surface area contributed by atoms with Crippen LogP contribution >= 0.6 is 0 Å². The first-order valence-electron chi connectivity index (χ1n) is 7.66. The lowest BCUT2D eigenvalue weighted by molar-refractivity contribution is 0.202.